The largest absolute Gasteiger partial charge is 0.0995 e. The van der Waals surface area contributed by atoms with Crippen molar-refractivity contribution in [3.63, 3.8) is 0 Å². The van der Waals surface area contributed by atoms with Crippen molar-refractivity contribution < 1.29 is 0 Å². The summed E-state index contributed by atoms with van der Waals surface area (Å²) in [6, 6.07) is 6.93. The molecule has 0 amide bonds. The van der Waals surface area contributed by atoms with Gasteiger partial charge in [0.2, 0.25) is 0 Å². The monoisotopic (exact) mass is 186 g/mol. The minimum Gasteiger partial charge on any atom is -0.0995 e. The molecule has 0 radical (unpaired) electrons. The maximum Gasteiger partial charge on any atom is -0.00670 e. The summed E-state index contributed by atoms with van der Waals surface area (Å²) in [7, 11) is 0. The summed E-state index contributed by atoms with van der Waals surface area (Å²) in [5, 5.41) is 0. The van der Waals surface area contributed by atoms with E-state index in [0.29, 0.717) is 5.92 Å². The number of hydrogen-bond donors (Lipinski definition) is 0. The molecule has 0 fully saturated rings. The van der Waals surface area contributed by atoms with E-state index in [9.17, 15) is 0 Å². The summed E-state index contributed by atoms with van der Waals surface area (Å²) in [6.07, 6.45) is 3.46. The third-order valence-corrected chi connectivity index (χ3v) is 3.09. The van der Waals surface area contributed by atoms with Crippen molar-refractivity contribution in [2.45, 2.75) is 39.0 Å². The van der Waals surface area contributed by atoms with Crippen LogP contribution < -0.4 is 0 Å². The standard InChI is InChI=1S/C14H18/c1-10(2)12-6-7-13-8-11(3)4-5-14(13)9-12/h6-7,9-10H,3-5,8H2,1-2H3. The molecule has 0 heterocycles. The highest BCUT2D eigenvalue weighted by Crippen LogP contribution is 2.27. The SMILES string of the molecule is C=C1CCc2cc(C(C)C)ccc2C1. The van der Waals surface area contributed by atoms with Crippen LogP contribution in [0.4, 0.5) is 0 Å². The molecular weight excluding hydrogens is 168 g/mol. The second-order valence-corrected chi connectivity index (χ2v) is 4.61. The highest BCUT2D eigenvalue weighted by Gasteiger charge is 2.12. The van der Waals surface area contributed by atoms with Crippen molar-refractivity contribution in [3.8, 4) is 0 Å². The van der Waals surface area contributed by atoms with Crippen molar-refractivity contribution in [3.05, 3.63) is 47.0 Å². The van der Waals surface area contributed by atoms with Crippen molar-refractivity contribution in [1.82, 2.24) is 0 Å². The van der Waals surface area contributed by atoms with Crippen LogP contribution in [0.15, 0.2) is 30.4 Å². The lowest BCUT2D eigenvalue weighted by atomic mass is 9.86. The average Bonchev–Trinajstić information content (AvgIpc) is 2.16. The highest BCUT2D eigenvalue weighted by atomic mass is 14.2. The van der Waals surface area contributed by atoms with E-state index >= 15 is 0 Å². The van der Waals surface area contributed by atoms with E-state index in [2.05, 4.69) is 38.6 Å². The highest BCUT2D eigenvalue weighted by molar-refractivity contribution is 5.38. The Morgan fingerprint density at radius 3 is 2.64 bits per heavy atom. The van der Waals surface area contributed by atoms with E-state index in [-0.39, 0.29) is 0 Å². The van der Waals surface area contributed by atoms with Crippen LogP contribution in [-0.4, -0.2) is 0 Å². The molecule has 1 aliphatic carbocycles. The second-order valence-electron chi connectivity index (χ2n) is 4.61. The molecule has 14 heavy (non-hydrogen) atoms. The van der Waals surface area contributed by atoms with Gasteiger partial charge in [-0.2, -0.15) is 0 Å². The topological polar surface area (TPSA) is 0 Å². The first-order chi connectivity index (χ1) is 6.66. The Morgan fingerprint density at radius 1 is 1.14 bits per heavy atom. The fourth-order valence-corrected chi connectivity index (χ4v) is 2.08. The van der Waals surface area contributed by atoms with Gasteiger partial charge in [0, 0.05) is 0 Å². The summed E-state index contributed by atoms with van der Waals surface area (Å²) >= 11 is 0. The molecule has 74 valence electrons. The first-order valence-corrected chi connectivity index (χ1v) is 5.45. The molecule has 0 aromatic heterocycles. The number of aryl methyl sites for hydroxylation is 1. The van der Waals surface area contributed by atoms with E-state index in [1.54, 1.807) is 5.56 Å². The Morgan fingerprint density at radius 2 is 1.93 bits per heavy atom. The molecule has 1 aromatic rings. The molecule has 1 aliphatic rings. The van der Waals surface area contributed by atoms with Crippen molar-refractivity contribution in [2.75, 3.05) is 0 Å². The fourth-order valence-electron chi connectivity index (χ4n) is 2.08. The summed E-state index contributed by atoms with van der Waals surface area (Å²) in [5.74, 6) is 0.644. The molecule has 0 aliphatic heterocycles. The van der Waals surface area contributed by atoms with Gasteiger partial charge >= 0.3 is 0 Å². The van der Waals surface area contributed by atoms with Crippen molar-refractivity contribution in [1.29, 1.82) is 0 Å². The Kier molecular flexibility index (Phi) is 2.45. The Balaban J connectivity index is 2.36. The first-order valence-electron chi connectivity index (χ1n) is 5.45. The van der Waals surface area contributed by atoms with Crippen molar-refractivity contribution in [2.24, 2.45) is 0 Å². The van der Waals surface area contributed by atoms with Crippen LogP contribution in [0, 0.1) is 0 Å². The fraction of sp³-hybridized carbons (Fsp3) is 0.429. The van der Waals surface area contributed by atoms with Gasteiger partial charge in [-0.25, -0.2) is 0 Å². The van der Waals surface area contributed by atoms with Gasteiger partial charge in [0.05, 0.1) is 0 Å². The maximum atomic E-state index is 4.07. The Bertz CT molecular complexity index is 358. The smallest absolute Gasteiger partial charge is 0.00670 e. The number of benzene rings is 1. The summed E-state index contributed by atoms with van der Waals surface area (Å²) < 4.78 is 0. The van der Waals surface area contributed by atoms with Crippen LogP contribution in [0.2, 0.25) is 0 Å². The maximum absolute atomic E-state index is 4.07. The zero-order valence-corrected chi connectivity index (χ0v) is 9.14. The molecule has 1 aromatic carbocycles. The number of fused-ring (bicyclic) bond motifs is 1. The van der Waals surface area contributed by atoms with Gasteiger partial charge in [-0.15, -0.1) is 0 Å². The molecule has 0 nitrogen and oxygen atoms in total. The lowest BCUT2D eigenvalue weighted by Crippen LogP contribution is -2.05. The quantitative estimate of drug-likeness (QED) is 0.584. The van der Waals surface area contributed by atoms with Crippen molar-refractivity contribution >= 4 is 0 Å². The Hall–Kier alpha value is -1.04. The minimum atomic E-state index is 0.644. The van der Waals surface area contributed by atoms with E-state index in [0.717, 1.165) is 6.42 Å². The number of hydrogen-bond acceptors (Lipinski definition) is 0. The van der Waals surface area contributed by atoms with E-state index in [4.69, 9.17) is 0 Å². The average molecular weight is 186 g/mol. The molecule has 0 saturated carbocycles. The van der Waals surface area contributed by atoms with E-state index in [1.165, 1.54) is 29.5 Å². The molecule has 0 heteroatoms. The Labute approximate surface area is 86.7 Å². The zero-order valence-electron chi connectivity index (χ0n) is 9.14. The molecule has 0 N–H and O–H groups in total. The number of allylic oxidation sites excluding steroid dienone is 1. The van der Waals surface area contributed by atoms with Gasteiger partial charge in [0.25, 0.3) is 0 Å². The van der Waals surface area contributed by atoms with Crippen LogP contribution in [0.5, 0.6) is 0 Å². The number of rotatable bonds is 1. The van der Waals surface area contributed by atoms with Gasteiger partial charge in [0.15, 0.2) is 0 Å². The van der Waals surface area contributed by atoms with Gasteiger partial charge in [0.1, 0.15) is 0 Å². The van der Waals surface area contributed by atoms with Crippen LogP contribution in [0.25, 0.3) is 0 Å². The molecule has 0 saturated heterocycles. The van der Waals surface area contributed by atoms with Crippen LogP contribution in [0.1, 0.15) is 42.9 Å². The van der Waals surface area contributed by atoms with Crippen LogP contribution >= 0.6 is 0 Å². The van der Waals surface area contributed by atoms with Gasteiger partial charge < -0.3 is 0 Å². The third kappa shape index (κ3) is 1.75. The molecular formula is C14H18. The van der Waals surface area contributed by atoms with E-state index < -0.39 is 0 Å². The summed E-state index contributed by atoms with van der Waals surface area (Å²) in [4.78, 5) is 0. The molecule has 0 unspecified atom stereocenters. The molecule has 0 bridgehead atoms. The third-order valence-electron chi connectivity index (χ3n) is 3.09. The molecule has 0 spiro atoms. The molecule has 2 rings (SSSR count). The summed E-state index contributed by atoms with van der Waals surface area (Å²) in [5.41, 5.74) is 5.89. The first kappa shape index (κ1) is 9.51. The predicted molar refractivity (Wildman–Crippen MR) is 61.7 cm³/mol. The molecule has 0 atom stereocenters. The van der Waals surface area contributed by atoms with E-state index in [1.807, 2.05) is 0 Å². The van der Waals surface area contributed by atoms with Gasteiger partial charge in [-0.05, 0) is 41.9 Å². The van der Waals surface area contributed by atoms with Crippen LogP contribution in [-0.2, 0) is 12.8 Å². The normalized spacial score (nSPS) is 15.8. The van der Waals surface area contributed by atoms with Gasteiger partial charge in [-0.3, -0.25) is 0 Å². The summed E-state index contributed by atoms with van der Waals surface area (Å²) in [6.45, 7) is 8.58. The lowest BCUT2D eigenvalue weighted by molar-refractivity contribution is 0.818. The van der Waals surface area contributed by atoms with Gasteiger partial charge in [-0.1, -0.05) is 44.2 Å². The zero-order chi connectivity index (χ0) is 10.1. The predicted octanol–water partition coefficient (Wildman–Crippen LogP) is 3.85. The minimum absolute atomic E-state index is 0.644. The lowest BCUT2D eigenvalue weighted by Gasteiger charge is -2.19. The second kappa shape index (κ2) is 3.61. The van der Waals surface area contributed by atoms with Crippen LogP contribution in [0.3, 0.4) is 0 Å².